The number of carbonyl (C=O) groups is 1. The van der Waals surface area contributed by atoms with Crippen LogP contribution in [-0.4, -0.2) is 78.1 Å². The molecule has 1 aliphatic carbocycles. The molecule has 0 radical (unpaired) electrons. The third kappa shape index (κ3) is 4.35. The van der Waals surface area contributed by atoms with Gasteiger partial charge in [0.25, 0.3) is 0 Å². The average Bonchev–Trinajstić information content (AvgIpc) is 3.16. The number of piperidine rings is 1. The van der Waals surface area contributed by atoms with Gasteiger partial charge in [0.2, 0.25) is 0 Å². The Morgan fingerprint density at radius 3 is 2.15 bits per heavy atom. The molecule has 0 spiro atoms. The fourth-order valence-electron chi connectivity index (χ4n) is 6.15. The van der Waals surface area contributed by atoms with Crippen molar-refractivity contribution in [2.45, 2.75) is 56.7 Å². The average molecular weight is 465 g/mol. The standard InChI is InChI=1S/C28H36N2O4/c1-3-29(4-2)14-13-28(32)15-20-17-33-18-21(16-28)30(20)27(31)34-19-26-24-11-7-5-9-22(24)23-10-6-8-12-25(23)26/h5-12,20-21,26,32H,3-4,13-19H2,1-2H3. The molecule has 5 rings (SSSR count). The zero-order valence-electron chi connectivity index (χ0n) is 20.3. The summed E-state index contributed by atoms with van der Waals surface area (Å²) in [7, 11) is 0. The van der Waals surface area contributed by atoms with Crippen LogP contribution >= 0.6 is 0 Å². The van der Waals surface area contributed by atoms with Gasteiger partial charge in [-0.3, -0.25) is 4.90 Å². The minimum atomic E-state index is -0.762. The lowest BCUT2D eigenvalue weighted by Gasteiger charge is -2.51. The minimum absolute atomic E-state index is 0.0447. The molecule has 1 N–H and O–H groups in total. The van der Waals surface area contributed by atoms with Crippen molar-refractivity contribution in [2.24, 2.45) is 0 Å². The largest absolute Gasteiger partial charge is 0.448 e. The Balaban J connectivity index is 1.26. The van der Waals surface area contributed by atoms with Crippen LogP contribution in [0.1, 0.15) is 50.2 Å². The molecule has 2 aliphatic heterocycles. The maximum Gasteiger partial charge on any atom is 0.410 e. The quantitative estimate of drug-likeness (QED) is 0.663. The summed E-state index contributed by atoms with van der Waals surface area (Å²) < 4.78 is 11.7. The van der Waals surface area contributed by atoms with E-state index in [1.54, 1.807) is 0 Å². The molecule has 2 heterocycles. The minimum Gasteiger partial charge on any atom is -0.448 e. The van der Waals surface area contributed by atoms with Crippen molar-refractivity contribution in [3.8, 4) is 11.1 Å². The van der Waals surface area contributed by atoms with E-state index in [2.05, 4.69) is 55.1 Å². The molecule has 2 aromatic carbocycles. The number of benzene rings is 2. The summed E-state index contributed by atoms with van der Waals surface area (Å²) in [6, 6.07) is 16.5. The lowest BCUT2D eigenvalue weighted by molar-refractivity contribution is -0.136. The summed E-state index contributed by atoms with van der Waals surface area (Å²) in [4.78, 5) is 17.5. The van der Waals surface area contributed by atoms with Crippen molar-refractivity contribution in [1.29, 1.82) is 0 Å². The monoisotopic (exact) mass is 464 g/mol. The predicted molar refractivity (Wildman–Crippen MR) is 132 cm³/mol. The van der Waals surface area contributed by atoms with Gasteiger partial charge >= 0.3 is 6.09 Å². The van der Waals surface area contributed by atoms with Gasteiger partial charge in [-0.25, -0.2) is 4.79 Å². The molecular formula is C28H36N2O4. The molecule has 6 heteroatoms. The molecule has 2 fully saturated rings. The SMILES string of the molecule is CCN(CC)CCC1(O)CC2COCC(C1)N2C(=O)OCC1c2ccccc2-c2ccccc21. The third-order valence-corrected chi connectivity index (χ3v) is 7.97. The van der Waals surface area contributed by atoms with Gasteiger partial charge < -0.3 is 19.5 Å². The van der Waals surface area contributed by atoms with E-state index < -0.39 is 5.60 Å². The molecule has 2 aromatic rings. The number of fused-ring (bicyclic) bond motifs is 5. The molecule has 3 aliphatic rings. The molecule has 34 heavy (non-hydrogen) atoms. The second-order valence-corrected chi connectivity index (χ2v) is 9.97. The Morgan fingerprint density at radius 1 is 1.03 bits per heavy atom. The molecule has 2 unspecified atom stereocenters. The van der Waals surface area contributed by atoms with Gasteiger partial charge in [0.05, 0.1) is 30.9 Å². The van der Waals surface area contributed by atoms with Crippen LogP contribution in [0.4, 0.5) is 4.79 Å². The Hall–Kier alpha value is -2.41. The first-order valence-electron chi connectivity index (χ1n) is 12.7. The highest BCUT2D eigenvalue weighted by atomic mass is 16.6. The maximum atomic E-state index is 13.3. The number of rotatable bonds is 7. The van der Waals surface area contributed by atoms with Crippen molar-refractivity contribution >= 4 is 6.09 Å². The van der Waals surface area contributed by atoms with Gasteiger partial charge in [0.15, 0.2) is 0 Å². The van der Waals surface area contributed by atoms with Crippen molar-refractivity contribution in [3.63, 3.8) is 0 Å². The first kappa shape index (κ1) is 23.3. The van der Waals surface area contributed by atoms with Crippen LogP contribution in [0.25, 0.3) is 11.1 Å². The van der Waals surface area contributed by atoms with E-state index in [4.69, 9.17) is 9.47 Å². The summed E-state index contributed by atoms with van der Waals surface area (Å²) in [5.41, 5.74) is 4.11. The molecule has 2 saturated heterocycles. The Morgan fingerprint density at radius 2 is 1.59 bits per heavy atom. The van der Waals surface area contributed by atoms with Crippen molar-refractivity contribution in [2.75, 3.05) is 39.5 Å². The lowest BCUT2D eigenvalue weighted by atomic mass is 9.79. The summed E-state index contributed by atoms with van der Waals surface area (Å²) >= 11 is 0. The van der Waals surface area contributed by atoms with Gasteiger partial charge in [-0.05, 0) is 54.6 Å². The van der Waals surface area contributed by atoms with Crippen LogP contribution in [0.15, 0.2) is 48.5 Å². The first-order chi connectivity index (χ1) is 16.5. The van der Waals surface area contributed by atoms with E-state index in [9.17, 15) is 9.90 Å². The fraction of sp³-hybridized carbons (Fsp3) is 0.536. The van der Waals surface area contributed by atoms with Crippen LogP contribution in [-0.2, 0) is 9.47 Å². The fourth-order valence-corrected chi connectivity index (χ4v) is 6.15. The number of hydrogen-bond acceptors (Lipinski definition) is 5. The smallest absolute Gasteiger partial charge is 0.410 e. The highest BCUT2D eigenvalue weighted by Crippen LogP contribution is 2.45. The Labute approximate surface area is 202 Å². The van der Waals surface area contributed by atoms with E-state index in [0.717, 1.165) is 26.1 Å². The van der Waals surface area contributed by atoms with E-state index in [0.29, 0.717) is 32.7 Å². The van der Waals surface area contributed by atoms with E-state index >= 15 is 0 Å². The van der Waals surface area contributed by atoms with Gasteiger partial charge in [-0.1, -0.05) is 62.4 Å². The Kier molecular flexibility index (Phi) is 6.65. The number of ether oxygens (including phenoxy) is 2. The summed E-state index contributed by atoms with van der Waals surface area (Å²) in [6.45, 7) is 8.35. The number of hydrogen-bond donors (Lipinski definition) is 1. The van der Waals surface area contributed by atoms with Crippen molar-refractivity contribution in [3.05, 3.63) is 59.7 Å². The number of aliphatic hydroxyl groups is 1. The second-order valence-electron chi connectivity index (χ2n) is 9.97. The summed E-state index contributed by atoms with van der Waals surface area (Å²) in [6.07, 6.45) is 1.51. The van der Waals surface area contributed by atoms with Crippen LogP contribution in [0, 0.1) is 0 Å². The second kappa shape index (κ2) is 9.68. The third-order valence-electron chi connectivity index (χ3n) is 7.97. The van der Waals surface area contributed by atoms with Gasteiger partial charge in [0, 0.05) is 12.5 Å². The summed E-state index contributed by atoms with van der Waals surface area (Å²) in [5, 5.41) is 11.4. The van der Waals surface area contributed by atoms with Crippen LogP contribution in [0.5, 0.6) is 0 Å². The lowest BCUT2D eigenvalue weighted by Crippen LogP contribution is -2.63. The first-order valence-corrected chi connectivity index (χ1v) is 12.7. The van der Waals surface area contributed by atoms with E-state index in [-0.39, 0.29) is 24.1 Å². The van der Waals surface area contributed by atoms with E-state index in [1.807, 2.05) is 17.0 Å². The molecule has 2 bridgehead atoms. The zero-order valence-corrected chi connectivity index (χ0v) is 20.3. The van der Waals surface area contributed by atoms with Gasteiger partial charge in [-0.15, -0.1) is 0 Å². The number of amides is 1. The molecule has 182 valence electrons. The molecule has 0 aromatic heterocycles. The van der Waals surface area contributed by atoms with Crippen LogP contribution in [0.2, 0.25) is 0 Å². The van der Waals surface area contributed by atoms with E-state index in [1.165, 1.54) is 22.3 Å². The predicted octanol–water partition coefficient (Wildman–Crippen LogP) is 4.26. The van der Waals surface area contributed by atoms with Gasteiger partial charge in [0.1, 0.15) is 6.61 Å². The van der Waals surface area contributed by atoms with Crippen molar-refractivity contribution < 1.29 is 19.4 Å². The van der Waals surface area contributed by atoms with Gasteiger partial charge in [-0.2, -0.15) is 0 Å². The summed E-state index contributed by atoms with van der Waals surface area (Å²) in [5.74, 6) is 0.0447. The molecular weight excluding hydrogens is 428 g/mol. The molecule has 0 saturated carbocycles. The number of morpholine rings is 1. The Bertz CT molecular complexity index is 961. The maximum absolute atomic E-state index is 13.3. The molecule has 6 nitrogen and oxygen atoms in total. The van der Waals surface area contributed by atoms with Crippen LogP contribution in [0.3, 0.4) is 0 Å². The topological polar surface area (TPSA) is 62.2 Å². The molecule has 2 atom stereocenters. The normalized spacial score (nSPS) is 25.8. The highest BCUT2D eigenvalue weighted by molar-refractivity contribution is 5.79. The van der Waals surface area contributed by atoms with Crippen molar-refractivity contribution in [1.82, 2.24) is 9.80 Å². The van der Waals surface area contributed by atoms with Crippen LogP contribution < -0.4 is 0 Å². The zero-order chi connectivity index (χ0) is 23.7. The highest BCUT2D eigenvalue weighted by Gasteiger charge is 2.48. The number of carbonyl (C=O) groups excluding carboxylic acids is 1. The number of nitrogens with zero attached hydrogens (tertiary/aromatic N) is 2. The molecule has 1 amide bonds.